The Morgan fingerprint density at radius 2 is 1.70 bits per heavy atom. The van der Waals surface area contributed by atoms with Gasteiger partial charge in [-0.15, -0.1) is 0 Å². The predicted octanol–water partition coefficient (Wildman–Crippen LogP) is 2.83. The van der Waals surface area contributed by atoms with E-state index in [9.17, 15) is 13.2 Å². The number of carbonyl (C=O) groups is 1. The molecule has 138 valence electrons. The number of imidazole rings is 1. The van der Waals surface area contributed by atoms with Gasteiger partial charge in [0.1, 0.15) is 11.4 Å². The van der Waals surface area contributed by atoms with Crippen LogP contribution >= 0.6 is 0 Å². The molecule has 1 unspecified atom stereocenters. The highest BCUT2D eigenvalue weighted by molar-refractivity contribution is 7.91. The number of aromatic nitrogens is 2. The second-order valence-corrected chi connectivity index (χ2v) is 8.54. The van der Waals surface area contributed by atoms with Crippen LogP contribution in [0.25, 0.3) is 11.3 Å². The highest BCUT2D eigenvalue weighted by atomic mass is 32.2. The maximum absolute atomic E-state index is 13.1. The lowest BCUT2D eigenvalue weighted by atomic mass is 10.1. The topological polar surface area (TPSA) is 81.1 Å². The van der Waals surface area contributed by atoms with Crippen molar-refractivity contribution in [1.29, 1.82) is 0 Å². The summed E-state index contributed by atoms with van der Waals surface area (Å²) in [6.45, 7) is 2.13. The molecule has 1 aliphatic rings. The van der Waals surface area contributed by atoms with Crippen molar-refractivity contribution in [3.05, 3.63) is 71.9 Å². The number of rotatable bonds is 4. The van der Waals surface area contributed by atoms with Gasteiger partial charge in [0.25, 0.3) is 5.91 Å². The van der Waals surface area contributed by atoms with Crippen LogP contribution in [0.3, 0.4) is 0 Å². The summed E-state index contributed by atoms with van der Waals surface area (Å²) < 4.78 is 26.1. The molecular weight excluding hydrogens is 362 g/mol. The van der Waals surface area contributed by atoms with E-state index in [1.54, 1.807) is 0 Å². The molecule has 4 rings (SSSR count). The van der Waals surface area contributed by atoms with E-state index >= 15 is 0 Å². The number of fused-ring (bicyclic) bond motifs is 1. The average molecular weight is 381 g/mol. The fourth-order valence-electron chi connectivity index (χ4n) is 3.30. The summed E-state index contributed by atoms with van der Waals surface area (Å²) >= 11 is 0. The van der Waals surface area contributed by atoms with Gasteiger partial charge >= 0.3 is 0 Å². The molecule has 0 saturated heterocycles. The first-order valence-electron chi connectivity index (χ1n) is 8.72. The van der Waals surface area contributed by atoms with Crippen molar-refractivity contribution in [2.75, 3.05) is 5.75 Å². The molecule has 0 spiro atoms. The normalized spacial score (nSPS) is 15.9. The molecule has 0 fully saturated rings. The number of sulfone groups is 1. The van der Waals surface area contributed by atoms with Gasteiger partial charge in [-0.25, -0.2) is 13.4 Å². The molecule has 2 heterocycles. The van der Waals surface area contributed by atoms with Crippen molar-refractivity contribution >= 4 is 15.7 Å². The Labute approximate surface area is 157 Å². The quantitative estimate of drug-likeness (QED) is 0.753. The maximum atomic E-state index is 13.1. The van der Waals surface area contributed by atoms with E-state index in [0.717, 1.165) is 5.56 Å². The van der Waals surface area contributed by atoms with Crippen LogP contribution in [0.4, 0.5) is 0 Å². The molecule has 1 atom stereocenters. The monoisotopic (exact) mass is 381 g/mol. The zero-order chi connectivity index (χ0) is 19.0. The molecule has 0 saturated carbocycles. The number of carbonyl (C=O) groups excluding carboxylic acids is 1. The molecular formula is C20H19N3O3S. The lowest BCUT2D eigenvalue weighted by Crippen LogP contribution is -2.29. The minimum absolute atomic E-state index is 0.0288. The minimum atomic E-state index is -3.46. The third kappa shape index (κ3) is 3.14. The van der Waals surface area contributed by atoms with Crippen LogP contribution in [0.1, 0.15) is 29.0 Å². The number of benzene rings is 2. The van der Waals surface area contributed by atoms with Crippen LogP contribution in [0, 0.1) is 0 Å². The highest BCUT2D eigenvalue weighted by Gasteiger charge is 2.35. The minimum Gasteiger partial charge on any atom is -0.344 e. The Morgan fingerprint density at radius 3 is 2.37 bits per heavy atom. The largest absolute Gasteiger partial charge is 0.344 e. The second-order valence-electron chi connectivity index (χ2n) is 6.53. The van der Waals surface area contributed by atoms with Gasteiger partial charge in [0.2, 0.25) is 15.0 Å². The van der Waals surface area contributed by atoms with Crippen molar-refractivity contribution < 1.29 is 13.2 Å². The average Bonchev–Trinajstić information content (AvgIpc) is 3.21. The second kappa shape index (κ2) is 6.66. The van der Waals surface area contributed by atoms with Crippen molar-refractivity contribution in [3.63, 3.8) is 0 Å². The molecule has 0 bridgehead atoms. The van der Waals surface area contributed by atoms with Crippen LogP contribution in [0.5, 0.6) is 0 Å². The number of nitrogens with one attached hydrogen (secondary N) is 1. The summed E-state index contributed by atoms with van der Waals surface area (Å²) in [5, 5.41) is 2.94. The molecule has 3 aromatic rings. The summed E-state index contributed by atoms with van der Waals surface area (Å²) in [6.07, 6.45) is 0. The number of nitrogens with zero attached hydrogens (tertiary/aromatic N) is 2. The number of hydrogen-bond donors (Lipinski definition) is 1. The van der Waals surface area contributed by atoms with Crippen LogP contribution in [0.2, 0.25) is 0 Å². The summed E-state index contributed by atoms with van der Waals surface area (Å²) in [6, 6.07) is 18.6. The van der Waals surface area contributed by atoms with Crippen LogP contribution in [0.15, 0.2) is 65.8 Å². The SMILES string of the molecule is CC(NC(=O)c1c(-c2ccccc2)nc2n1CCS2(=O)=O)c1ccccc1. The summed E-state index contributed by atoms with van der Waals surface area (Å²) in [5.41, 5.74) is 2.37. The Bertz CT molecular complexity index is 1090. The first-order valence-corrected chi connectivity index (χ1v) is 10.4. The summed E-state index contributed by atoms with van der Waals surface area (Å²) in [5.74, 6) is -0.361. The van der Waals surface area contributed by atoms with Gasteiger partial charge in [0, 0.05) is 12.1 Å². The van der Waals surface area contributed by atoms with E-state index in [-0.39, 0.29) is 29.4 Å². The van der Waals surface area contributed by atoms with Gasteiger partial charge in [0.05, 0.1) is 11.8 Å². The van der Waals surface area contributed by atoms with Crippen molar-refractivity contribution in [1.82, 2.24) is 14.9 Å². The van der Waals surface area contributed by atoms with Gasteiger partial charge in [-0.3, -0.25) is 4.79 Å². The van der Waals surface area contributed by atoms with Gasteiger partial charge in [-0.1, -0.05) is 60.7 Å². The van der Waals surface area contributed by atoms with E-state index in [1.165, 1.54) is 4.57 Å². The van der Waals surface area contributed by atoms with Gasteiger partial charge in [-0.2, -0.15) is 0 Å². The van der Waals surface area contributed by atoms with E-state index in [1.807, 2.05) is 67.6 Å². The molecule has 27 heavy (non-hydrogen) atoms. The van der Waals surface area contributed by atoms with Crippen LogP contribution in [-0.2, 0) is 16.4 Å². The van der Waals surface area contributed by atoms with Crippen molar-refractivity contribution in [3.8, 4) is 11.3 Å². The maximum Gasteiger partial charge on any atom is 0.270 e. The fraction of sp³-hybridized carbons (Fsp3) is 0.200. The Morgan fingerprint density at radius 1 is 1.07 bits per heavy atom. The molecule has 1 aromatic heterocycles. The molecule has 1 amide bonds. The Balaban J connectivity index is 1.76. The number of amides is 1. The first kappa shape index (κ1) is 17.5. The first-order chi connectivity index (χ1) is 13.0. The van der Waals surface area contributed by atoms with Gasteiger partial charge < -0.3 is 9.88 Å². The van der Waals surface area contributed by atoms with E-state index in [4.69, 9.17) is 0 Å². The summed E-state index contributed by atoms with van der Waals surface area (Å²) in [4.78, 5) is 17.4. The lowest BCUT2D eigenvalue weighted by molar-refractivity contribution is 0.0931. The third-order valence-electron chi connectivity index (χ3n) is 4.70. The third-order valence-corrected chi connectivity index (χ3v) is 6.29. The molecule has 0 radical (unpaired) electrons. The molecule has 0 aliphatic carbocycles. The molecule has 2 aromatic carbocycles. The van der Waals surface area contributed by atoms with E-state index < -0.39 is 9.84 Å². The van der Waals surface area contributed by atoms with Crippen LogP contribution < -0.4 is 5.32 Å². The highest BCUT2D eigenvalue weighted by Crippen LogP contribution is 2.30. The predicted molar refractivity (Wildman–Crippen MR) is 102 cm³/mol. The standard InChI is InChI=1S/C20H19N3O3S/c1-14(15-8-4-2-5-9-15)21-19(24)18-17(16-10-6-3-7-11-16)22-20-23(18)12-13-27(20,25)26/h2-11,14H,12-13H2,1H3,(H,21,24). The Hall–Kier alpha value is -2.93. The molecule has 7 heteroatoms. The fourth-order valence-corrected chi connectivity index (χ4v) is 4.65. The zero-order valence-corrected chi connectivity index (χ0v) is 15.6. The van der Waals surface area contributed by atoms with Gasteiger partial charge in [-0.05, 0) is 12.5 Å². The molecule has 1 N–H and O–H groups in total. The number of hydrogen-bond acceptors (Lipinski definition) is 4. The van der Waals surface area contributed by atoms with E-state index in [2.05, 4.69) is 10.3 Å². The van der Waals surface area contributed by atoms with E-state index in [0.29, 0.717) is 17.0 Å². The summed E-state index contributed by atoms with van der Waals surface area (Å²) in [7, 11) is -3.46. The van der Waals surface area contributed by atoms with Crippen molar-refractivity contribution in [2.45, 2.75) is 24.7 Å². The van der Waals surface area contributed by atoms with Gasteiger partial charge in [0.15, 0.2) is 0 Å². The molecule has 1 aliphatic heterocycles. The van der Waals surface area contributed by atoms with Crippen LogP contribution in [-0.4, -0.2) is 29.6 Å². The van der Waals surface area contributed by atoms with Crippen molar-refractivity contribution in [2.24, 2.45) is 0 Å². The molecule has 6 nitrogen and oxygen atoms in total. The smallest absolute Gasteiger partial charge is 0.270 e. The zero-order valence-electron chi connectivity index (χ0n) is 14.8. The Kier molecular flexibility index (Phi) is 4.31. The lowest BCUT2D eigenvalue weighted by Gasteiger charge is -2.15.